The minimum absolute atomic E-state index is 0.541. The molecule has 0 radical (unpaired) electrons. The maximum atomic E-state index is 7.16. The van der Waals surface area contributed by atoms with E-state index in [1.807, 2.05) is 0 Å². The number of fused-ring (bicyclic) bond motifs is 16. The van der Waals surface area contributed by atoms with Crippen LogP contribution in [0.5, 0.6) is 0 Å². The van der Waals surface area contributed by atoms with E-state index >= 15 is 0 Å². The van der Waals surface area contributed by atoms with Crippen molar-refractivity contribution in [3.8, 4) is 50.6 Å². The van der Waals surface area contributed by atoms with Gasteiger partial charge in [-0.25, -0.2) is 0 Å². The summed E-state index contributed by atoms with van der Waals surface area (Å²) in [6.45, 7) is 14.5. The van der Waals surface area contributed by atoms with Gasteiger partial charge in [-0.3, -0.25) is 0 Å². The van der Waals surface area contributed by atoms with Gasteiger partial charge in [0.15, 0.2) is 22.8 Å². The second-order valence-electron chi connectivity index (χ2n) is 18.9. The summed E-state index contributed by atoms with van der Waals surface area (Å²) in [4.78, 5) is 0. The molecule has 1 spiro atoms. The number of furan rings is 1. The number of rotatable bonds is 6. The third kappa shape index (κ3) is 5.12. The molecule has 0 bridgehead atoms. The van der Waals surface area contributed by atoms with Gasteiger partial charge in [-0.15, -0.1) is 9.13 Å². The van der Waals surface area contributed by atoms with Gasteiger partial charge in [0.25, 0.3) is 0 Å². The van der Waals surface area contributed by atoms with Crippen LogP contribution in [0.4, 0.5) is 0 Å². The molecule has 4 nitrogen and oxygen atoms in total. The van der Waals surface area contributed by atoms with Gasteiger partial charge >= 0.3 is 11.5 Å². The molecular formula is C57H49N3OSi+2. The van der Waals surface area contributed by atoms with Crippen molar-refractivity contribution in [2.24, 2.45) is 5.92 Å². The van der Waals surface area contributed by atoms with E-state index in [-0.39, 0.29) is 0 Å². The van der Waals surface area contributed by atoms with Crippen molar-refractivity contribution in [2.45, 2.75) is 52.5 Å². The number of hydrogen-bond acceptors (Lipinski definition) is 1. The predicted molar refractivity (Wildman–Crippen MR) is 257 cm³/mol. The molecule has 1 atom stereocenters. The van der Waals surface area contributed by atoms with E-state index in [0.717, 1.165) is 51.0 Å². The van der Waals surface area contributed by atoms with Crippen LogP contribution in [0.15, 0.2) is 174 Å². The minimum atomic E-state index is -1.86. The van der Waals surface area contributed by atoms with Crippen LogP contribution < -0.4 is 14.3 Å². The first-order valence-electron chi connectivity index (χ1n) is 22.1. The highest BCUT2D eigenvalue weighted by Crippen LogP contribution is 2.53. The molecule has 62 heavy (non-hydrogen) atoms. The molecule has 2 aliphatic rings. The predicted octanol–water partition coefficient (Wildman–Crippen LogP) is 12.7. The van der Waals surface area contributed by atoms with Crippen LogP contribution in [-0.2, 0) is 12.1 Å². The van der Waals surface area contributed by atoms with Crippen LogP contribution in [-0.4, -0.2) is 12.6 Å². The largest absolute Gasteiger partial charge is 0.455 e. The Kier molecular flexibility index (Phi) is 7.95. The molecule has 5 heterocycles. The normalized spacial score (nSPS) is 15.2. The van der Waals surface area contributed by atoms with E-state index in [1.165, 1.54) is 66.5 Å². The van der Waals surface area contributed by atoms with Crippen molar-refractivity contribution in [2.75, 3.05) is 0 Å². The van der Waals surface area contributed by atoms with E-state index in [9.17, 15) is 0 Å². The number of benzene rings is 7. The number of imidazole rings is 1. The molecule has 0 amide bonds. The van der Waals surface area contributed by atoms with Crippen molar-refractivity contribution in [1.29, 1.82) is 0 Å². The van der Waals surface area contributed by atoms with Gasteiger partial charge in [-0.05, 0) is 96.1 Å². The molecule has 0 saturated carbocycles. The van der Waals surface area contributed by atoms with Gasteiger partial charge in [0.05, 0.1) is 24.8 Å². The summed E-state index contributed by atoms with van der Waals surface area (Å²) in [6, 6.07) is 60.7. The van der Waals surface area contributed by atoms with Gasteiger partial charge < -0.3 is 4.42 Å². The van der Waals surface area contributed by atoms with Crippen LogP contribution in [0.3, 0.4) is 0 Å². The summed E-state index contributed by atoms with van der Waals surface area (Å²) < 4.78 is 15.1. The molecule has 2 aliphatic heterocycles. The summed E-state index contributed by atoms with van der Waals surface area (Å²) in [7, 11) is -1.86. The van der Waals surface area contributed by atoms with Gasteiger partial charge in [-0.2, -0.15) is 4.57 Å². The maximum Gasteiger partial charge on any atom is 0.364 e. The molecule has 0 saturated heterocycles. The fourth-order valence-corrected chi connectivity index (χ4v) is 12.6. The van der Waals surface area contributed by atoms with Gasteiger partial charge in [0, 0.05) is 27.6 Å². The van der Waals surface area contributed by atoms with Crippen LogP contribution in [0.1, 0.15) is 36.1 Å². The Morgan fingerprint density at radius 3 is 2.13 bits per heavy atom. The standard InChI is InChI=1S/C57H49N3OSi/c1-36(2)31-41-34-50-45-27-25-37(3)32-47(45)57(58(50)35-53(41)62(4,5)6)46-30-29-44-43-21-13-16-24-52(43)61-55(44)54(46)56-59(48-22-14-15-23-49(48)60(56)57)51-33-40(38-17-9-7-10-18-38)26-28-42(51)39-19-11-8-12-20-39/h7-30,32-36H,31H2,1-6H3/q+2. The number of para-hydroxylation sites is 3. The second-order valence-corrected chi connectivity index (χ2v) is 24.0. The zero-order chi connectivity index (χ0) is 42.1. The zero-order valence-corrected chi connectivity index (χ0v) is 37.2. The van der Waals surface area contributed by atoms with Crippen molar-refractivity contribution < 1.29 is 13.6 Å². The lowest BCUT2D eigenvalue weighted by Gasteiger charge is -2.24. The number of pyridine rings is 1. The molecule has 7 aromatic carbocycles. The minimum Gasteiger partial charge on any atom is -0.455 e. The number of aryl methyl sites for hydroxylation is 1. The van der Waals surface area contributed by atoms with Gasteiger partial charge in [-0.1, -0.05) is 142 Å². The highest BCUT2D eigenvalue weighted by molar-refractivity contribution is 6.89. The van der Waals surface area contributed by atoms with Crippen LogP contribution in [0, 0.1) is 12.8 Å². The molecule has 0 aliphatic carbocycles. The van der Waals surface area contributed by atoms with E-state index in [4.69, 9.17) is 4.42 Å². The Balaban J connectivity index is 1.31. The summed E-state index contributed by atoms with van der Waals surface area (Å²) in [5.74, 6) is 1.65. The van der Waals surface area contributed by atoms with Crippen molar-refractivity contribution in [3.05, 3.63) is 192 Å². The molecule has 1 unspecified atom stereocenters. The van der Waals surface area contributed by atoms with Crippen molar-refractivity contribution in [3.63, 3.8) is 0 Å². The van der Waals surface area contributed by atoms with Crippen LogP contribution in [0.2, 0.25) is 19.6 Å². The quantitative estimate of drug-likeness (QED) is 0.121. The van der Waals surface area contributed by atoms with E-state index in [0.29, 0.717) is 5.92 Å². The Morgan fingerprint density at radius 2 is 1.35 bits per heavy atom. The van der Waals surface area contributed by atoms with E-state index in [2.05, 4.69) is 224 Å². The number of hydrogen-bond donors (Lipinski definition) is 0. The molecule has 300 valence electrons. The lowest BCUT2D eigenvalue weighted by atomic mass is 9.88. The van der Waals surface area contributed by atoms with Gasteiger partial charge in [0.2, 0.25) is 5.69 Å². The Labute approximate surface area is 364 Å². The monoisotopic (exact) mass is 819 g/mol. The average Bonchev–Trinajstić information content (AvgIpc) is 3.99. The highest BCUT2D eigenvalue weighted by atomic mass is 28.3. The Morgan fingerprint density at radius 1 is 0.645 bits per heavy atom. The van der Waals surface area contributed by atoms with Crippen LogP contribution in [0.25, 0.3) is 83.6 Å². The Hall–Kier alpha value is -6.82. The third-order valence-corrected chi connectivity index (χ3v) is 15.5. The Bertz CT molecular complexity index is 3460. The first kappa shape index (κ1) is 37.0. The number of aromatic nitrogens is 3. The lowest BCUT2D eigenvalue weighted by Crippen LogP contribution is -2.72. The first-order chi connectivity index (χ1) is 30.1. The SMILES string of the molecule is Cc1ccc2c(c1)C1(c3ccc4c(oc5ccccc54)c3-c3n(-c4cc(-c5ccccc5)ccc4-c4ccccc4)c4ccccc4[n+]31)[n+]1cc([Si](C)(C)C)c(CC(C)C)cc1-2. The number of nitrogens with zero attached hydrogens (tertiary/aromatic N) is 3. The molecule has 0 fully saturated rings. The fourth-order valence-electron chi connectivity index (χ4n) is 10.9. The average molecular weight is 820 g/mol. The van der Waals surface area contributed by atoms with E-state index < -0.39 is 13.7 Å². The third-order valence-electron chi connectivity index (χ3n) is 13.5. The van der Waals surface area contributed by atoms with Crippen molar-refractivity contribution in [1.82, 2.24) is 4.57 Å². The fraction of sp³-hybridized carbons (Fsp3) is 0.158. The second kappa shape index (κ2) is 13.3. The maximum absolute atomic E-state index is 7.16. The molecule has 12 rings (SSSR count). The lowest BCUT2D eigenvalue weighted by molar-refractivity contribution is -0.944. The molecule has 3 aromatic heterocycles. The summed E-state index contributed by atoms with van der Waals surface area (Å²) in [5.41, 5.74) is 18.1. The summed E-state index contributed by atoms with van der Waals surface area (Å²) >= 11 is 0. The first-order valence-corrected chi connectivity index (χ1v) is 25.6. The highest BCUT2D eigenvalue weighted by Gasteiger charge is 2.67. The zero-order valence-electron chi connectivity index (χ0n) is 36.2. The molecular weight excluding hydrogens is 771 g/mol. The van der Waals surface area contributed by atoms with Crippen LogP contribution >= 0.6 is 0 Å². The molecule has 10 aromatic rings. The van der Waals surface area contributed by atoms with Crippen molar-refractivity contribution >= 4 is 46.2 Å². The molecule has 0 N–H and O–H groups in total. The summed E-state index contributed by atoms with van der Waals surface area (Å²) in [6.07, 6.45) is 3.64. The topological polar surface area (TPSA) is 25.8 Å². The molecule has 5 heteroatoms. The van der Waals surface area contributed by atoms with Gasteiger partial charge in [0.1, 0.15) is 16.8 Å². The van der Waals surface area contributed by atoms with E-state index in [1.54, 1.807) is 0 Å². The smallest absolute Gasteiger partial charge is 0.364 e. The summed E-state index contributed by atoms with van der Waals surface area (Å²) in [5, 5.41) is 3.78.